The first-order valence-electron chi connectivity index (χ1n) is 6.48. The summed E-state index contributed by atoms with van der Waals surface area (Å²) in [5.74, 6) is -0.679. The van der Waals surface area contributed by atoms with E-state index in [0.717, 1.165) is 16.3 Å². The van der Waals surface area contributed by atoms with Crippen molar-refractivity contribution < 1.29 is 13.2 Å². The lowest BCUT2D eigenvalue weighted by molar-refractivity contribution is 0.0981. The van der Waals surface area contributed by atoms with Crippen LogP contribution in [0.15, 0.2) is 29.6 Å². The van der Waals surface area contributed by atoms with Crippen LogP contribution in [0.1, 0.15) is 28.7 Å². The number of nitrogens with one attached hydrogen (secondary N) is 1. The first kappa shape index (κ1) is 15.7. The van der Waals surface area contributed by atoms with Crippen LogP contribution in [0.4, 0.5) is 0 Å². The molecule has 5 nitrogen and oxygen atoms in total. The maximum atomic E-state index is 12.0. The first-order chi connectivity index (χ1) is 9.91. The normalized spacial score (nSPS) is 11.3. The molecule has 1 amide bonds. The molecular weight excluding hydrogens is 308 g/mol. The maximum Gasteiger partial charge on any atom is 0.264 e. The molecule has 0 saturated heterocycles. The summed E-state index contributed by atoms with van der Waals surface area (Å²) in [5, 5.41) is 2.84. The van der Waals surface area contributed by atoms with Gasteiger partial charge in [0.05, 0.1) is 16.5 Å². The van der Waals surface area contributed by atoms with Crippen LogP contribution in [0.5, 0.6) is 0 Å². The highest BCUT2D eigenvalue weighted by Gasteiger charge is 2.15. The number of benzene rings is 1. The van der Waals surface area contributed by atoms with E-state index in [0.29, 0.717) is 12.0 Å². The van der Waals surface area contributed by atoms with Gasteiger partial charge in [-0.05, 0) is 25.5 Å². The molecule has 0 aliphatic heterocycles. The predicted octanol–water partition coefficient (Wildman–Crippen LogP) is 2.59. The molecule has 2 aromatic rings. The molecule has 112 valence electrons. The molecular formula is C14H16N2O3S2. The minimum absolute atomic E-state index is 0.0658. The van der Waals surface area contributed by atoms with Crippen molar-refractivity contribution in [1.29, 1.82) is 0 Å². The number of rotatable bonds is 5. The van der Waals surface area contributed by atoms with Gasteiger partial charge in [0.15, 0.2) is 0 Å². The van der Waals surface area contributed by atoms with Gasteiger partial charge in [0.1, 0.15) is 0 Å². The van der Waals surface area contributed by atoms with Crippen LogP contribution < -0.4 is 4.72 Å². The largest absolute Gasteiger partial charge is 0.268 e. The molecule has 1 heterocycles. The summed E-state index contributed by atoms with van der Waals surface area (Å²) in [5.41, 5.74) is 1.88. The van der Waals surface area contributed by atoms with E-state index < -0.39 is 15.9 Å². The van der Waals surface area contributed by atoms with E-state index in [2.05, 4.69) is 9.71 Å². The number of aryl methyl sites for hydroxylation is 1. The van der Waals surface area contributed by atoms with Crippen LogP contribution in [-0.4, -0.2) is 25.1 Å². The van der Waals surface area contributed by atoms with Gasteiger partial charge in [-0.2, -0.15) is 0 Å². The molecule has 0 aliphatic rings. The number of hydrogen-bond acceptors (Lipinski definition) is 5. The zero-order chi connectivity index (χ0) is 15.5. The highest BCUT2D eigenvalue weighted by atomic mass is 32.2. The molecule has 0 bridgehead atoms. The van der Waals surface area contributed by atoms with Crippen molar-refractivity contribution in [2.75, 3.05) is 5.75 Å². The molecule has 7 heteroatoms. The van der Waals surface area contributed by atoms with Crippen LogP contribution in [-0.2, 0) is 10.0 Å². The van der Waals surface area contributed by atoms with Gasteiger partial charge in [0, 0.05) is 16.5 Å². The van der Waals surface area contributed by atoms with Gasteiger partial charge in [0.25, 0.3) is 5.91 Å². The summed E-state index contributed by atoms with van der Waals surface area (Å²) in [6, 6.07) is 6.78. The van der Waals surface area contributed by atoms with Gasteiger partial charge in [-0.25, -0.2) is 18.1 Å². The molecule has 0 unspecified atom stereocenters. The molecule has 0 atom stereocenters. The van der Waals surface area contributed by atoms with Crippen LogP contribution in [0.2, 0.25) is 0 Å². The van der Waals surface area contributed by atoms with E-state index >= 15 is 0 Å². The lowest BCUT2D eigenvalue weighted by atomic mass is 10.1. The minimum Gasteiger partial charge on any atom is -0.268 e. The number of sulfonamides is 1. The Kier molecular flexibility index (Phi) is 4.74. The van der Waals surface area contributed by atoms with E-state index in [1.807, 2.05) is 18.4 Å². The number of amides is 1. The van der Waals surface area contributed by atoms with Crippen molar-refractivity contribution in [3.05, 3.63) is 40.2 Å². The second-order valence-electron chi connectivity index (χ2n) is 4.58. The predicted molar refractivity (Wildman–Crippen MR) is 83.8 cm³/mol. The summed E-state index contributed by atoms with van der Waals surface area (Å²) in [4.78, 5) is 16.4. The Morgan fingerprint density at radius 3 is 2.76 bits per heavy atom. The van der Waals surface area contributed by atoms with E-state index in [1.54, 1.807) is 25.1 Å². The summed E-state index contributed by atoms with van der Waals surface area (Å²) in [6.07, 6.45) is 0.459. The topological polar surface area (TPSA) is 76.1 Å². The van der Waals surface area contributed by atoms with Gasteiger partial charge in [-0.3, -0.25) is 4.79 Å². The second kappa shape index (κ2) is 6.36. The Balaban J connectivity index is 2.23. The molecule has 0 spiro atoms. The number of carbonyl (C=O) groups excluding carboxylic acids is 1. The number of thiazole rings is 1. The number of hydrogen-bond donors (Lipinski definition) is 1. The highest BCUT2D eigenvalue weighted by Crippen LogP contribution is 2.22. The Labute approximate surface area is 128 Å². The SMILES string of the molecule is CCCS(=O)(=O)NC(=O)c1cccc(-c2csc(C)n2)c1. The Hall–Kier alpha value is -1.73. The van der Waals surface area contributed by atoms with Gasteiger partial charge in [0.2, 0.25) is 10.0 Å². The number of carbonyl (C=O) groups is 1. The minimum atomic E-state index is -3.57. The van der Waals surface area contributed by atoms with E-state index in [9.17, 15) is 13.2 Å². The molecule has 2 rings (SSSR count). The van der Waals surface area contributed by atoms with Crippen molar-refractivity contribution in [3.8, 4) is 11.3 Å². The first-order valence-corrected chi connectivity index (χ1v) is 9.02. The highest BCUT2D eigenvalue weighted by molar-refractivity contribution is 7.90. The van der Waals surface area contributed by atoms with Crippen LogP contribution in [0, 0.1) is 6.92 Å². The standard InChI is InChI=1S/C14H16N2O3S2/c1-3-7-21(18,19)16-14(17)12-6-4-5-11(8-12)13-9-20-10(2)15-13/h4-6,8-9H,3,7H2,1-2H3,(H,16,17). The van der Waals surface area contributed by atoms with Gasteiger partial charge in [-0.1, -0.05) is 19.1 Å². The van der Waals surface area contributed by atoms with Crippen molar-refractivity contribution in [2.24, 2.45) is 0 Å². The average Bonchev–Trinajstić information content (AvgIpc) is 2.85. The second-order valence-corrected chi connectivity index (χ2v) is 7.49. The lowest BCUT2D eigenvalue weighted by Crippen LogP contribution is -2.32. The number of aromatic nitrogens is 1. The van der Waals surface area contributed by atoms with Crippen LogP contribution in [0.25, 0.3) is 11.3 Å². The Morgan fingerprint density at radius 1 is 1.38 bits per heavy atom. The molecule has 0 saturated carbocycles. The van der Waals surface area contributed by atoms with Crippen molar-refractivity contribution in [3.63, 3.8) is 0 Å². The Bertz CT molecular complexity index is 751. The third-order valence-corrected chi connectivity index (χ3v) is 4.98. The lowest BCUT2D eigenvalue weighted by Gasteiger charge is -2.06. The smallest absolute Gasteiger partial charge is 0.264 e. The Morgan fingerprint density at radius 2 is 2.14 bits per heavy atom. The zero-order valence-corrected chi connectivity index (χ0v) is 13.4. The van der Waals surface area contributed by atoms with Crippen LogP contribution in [0.3, 0.4) is 0 Å². The van der Waals surface area contributed by atoms with Crippen molar-refractivity contribution in [1.82, 2.24) is 9.71 Å². The van der Waals surface area contributed by atoms with Gasteiger partial charge in [-0.15, -0.1) is 11.3 Å². The third kappa shape index (κ3) is 4.12. The van der Waals surface area contributed by atoms with E-state index in [1.165, 1.54) is 11.3 Å². The average molecular weight is 324 g/mol. The van der Waals surface area contributed by atoms with Gasteiger partial charge >= 0.3 is 0 Å². The molecule has 1 aromatic heterocycles. The summed E-state index contributed by atoms with van der Waals surface area (Å²) >= 11 is 1.52. The molecule has 0 radical (unpaired) electrons. The monoisotopic (exact) mass is 324 g/mol. The molecule has 1 aromatic carbocycles. The fourth-order valence-electron chi connectivity index (χ4n) is 1.84. The maximum absolute atomic E-state index is 12.0. The fourth-order valence-corrected chi connectivity index (χ4v) is 3.50. The summed E-state index contributed by atoms with van der Waals surface area (Å²) in [6.45, 7) is 3.65. The number of nitrogens with zero attached hydrogens (tertiary/aromatic N) is 1. The molecule has 21 heavy (non-hydrogen) atoms. The van der Waals surface area contributed by atoms with Crippen molar-refractivity contribution in [2.45, 2.75) is 20.3 Å². The van der Waals surface area contributed by atoms with Crippen molar-refractivity contribution >= 4 is 27.3 Å². The molecule has 0 aliphatic carbocycles. The van der Waals surface area contributed by atoms with E-state index in [-0.39, 0.29) is 5.75 Å². The molecule has 0 fully saturated rings. The molecule has 1 N–H and O–H groups in total. The summed E-state index contributed by atoms with van der Waals surface area (Å²) < 4.78 is 25.3. The quantitative estimate of drug-likeness (QED) is 0.917. The van der Waals surface area contributed by atoms with E-state index in [4.69, 9.17) is 0 Å². The van der Waals surface area contributed by atoms with Gasteiger partial charge < -0.3 is 0 Å². The zero-order valence-electron chi connectivity index (χ0n) is 11.8. The fraction of sp³-hybridized carbons (Fsp3) is 0.286. The van der Waals surface area contributed by atoms with Crippen LogP contribution >= 0.6 is 11.3 Å². The summed E-state index contributed by atoms with van der Waals surface area (Å²) in [7, 11) is -3.57. The third-order valence-electron chi connectivity index (χ3n) is 2.76.